The number of rotatable bonds is 8. The fourth-order valence-corrected chi connectivity index (χ4v) is 2.29. The van der Waals surface area contributed by atoms with Gasteiger partial charge in [0, 0.05) is 23.6 Å². The molecule has 0 bridgehead atoms. The zero-order valence-electron chi connectivity index (χ0n) is 11.1. The van der Waals surface area contributed by atoms with Crippen LogP contribution in [-0.2, 0) is 10.5 Å². The Morgan fingerprint density at radius 1 is 1.37 bits per heavy atom. The Kier molecular flexibility index (Phi) is 6.83. The molecule has 0 aromatic heterocycles. The van der Waals surface area contributed by atoms with Gasteiger partial charge in [0.15, 0.2) is 0 Å². The highest BCUT2D eigenvalue weighted by Crippen LogP contribution is 2.17. The van der Waals surface area contributed by atoms with Crippen LogP contribution >= 0.6 is 11.8 Å². The van der Waals surface area contributed by atoms with E-state index in [4.69, 9.17) is 4.74 Å². The smallest absolute Gasteiger partial charge is 0.269 e. The van der Waals surface area contributed by atoms with Crippen LogP contribution in [0.25, 0.3) is 0 Å². The van der Waals surface area contributed by atoms with Gasteiger partial charge in [-0.05, 0) is 19.4 Å². The minimum absolute atomic E-state index is 0.0964. The average Bonchev–Trinajstić information content (AvgIpc) is 2.37. The van der Waals surface area contributed by atoms with Crippen molar-refractivity contribution in [1.82, 2.24) is 0 Å². The molecule has 0 aliphatic heterocycles. The first kappa shape index (κ1) is 15.9. The first-order valence-electron chi connectivity index (χ1n) is 6.09. The minimum atomic E-state index is -0.481. The first-order chi connectivity index (χ1) is 8.99. The molecule has 0 radical (unpaired) electrons. The van der Waals surface area contributed by atoms with Gasteiger partial charge in [-0.15, -0.1) is 0 Å². The third-order valence-corrected chi connectivity index (χ3v) is 3.51. The van der Waals surface area contributed by atoms with Gasteiger partial charge in [-0.2, -0.15) is 11.8 Å². The van der Waals surface area contributed by atoms with Crippen LogP contribution in [0.4, 0.5) is 5.69 Å². The lowest BCUT2D eigenvalue weighted by Gasteiger charge is -2.13. The van der Waals surface area contributed by atoms with E-state index in [0.29, 0.717) is 12.4 Å². The second-order valence-electron chi connectivity index (χ2n) is 4.47. The van der Waals surface area contributed by atoms with E-state index < -0.39 is 11.0 Å². The Bertz CT molecular complexity index is 394. The number of thioether (sulfide) groups is 1. The van der Waals surface area contributed by atoms with Crippen molar-refractivity contribution in [3.8, 4) is 0 Å². The summed E-state index contributed by atoms with van der Waals surface area (Å²) < 4.78 is 5.31. The largest absolute Gasteiger partial charge is 0.390 e. The highest BCUT2D eigenvalue weighted by Gasteiger charge is 2.07. The maximum atomic E-state index is 10.5. The van der Waals surface area contributed by atoms with Gasteiger partial charge in [-0.1, -0.05) is 12.1 Å². The van der Waals surface area contributed by atoms with Crippen LogP contribution in [0.3, 0.4) is 0 Å². The van der Waals surface area contributed by atoms with E-state index in [1.54, 1.807) is 23.9 Å². The lowest BCUT2D eigenvalue weighted by atomic mass is 10.2. The predicted molar refractivity (Wildman–Crippen MR) is 76.4 cm³/mol. The Balaban J connectivity index is 2.27. The monoisotopic (exact) mass is 285 g/mol. The third kappa shape index (κ3) is 6.56. The van der Waals surface area contributed by atoms with Gasteiger partial charge < -0.3 is 9.84 Å². The van der Waals surface area contributed by atoms with Gasteiger partial charge in [-0.25, -0.2) is 0 Å². The summed E-state index contributed by atoms with van der Waals surface area (Å²) in [6.45, 7) is 4.19. The molecule has 1 aromatic carbocycles. The summed E-state index contributed by atoms with van der Waals surface area (Å²) in [5.41, 5.74) is 1.10. The van der Waals surface area contributed by atoms with Crippen LogP contribution in [0.5, 0.6) is 0 Å². The average molecular weight is 285 g/mol. The summed E-state index contributed by atoms with van der Waals surface area (Å²) in [4.78, 5) is 10.1. The molecule has 1 aromatic rings. The maximum absolute atomic E-state index is 10.5. The fourth-order valence-electron chi connectivity index (χ4n) is 1.38. The molecule has 0 heterocycles. The normalized spacial score (nSPS) is 12.6. The van der Waals surface area contributed by atoms with Crippen molar-refractivity contribution in [3.63, 3.8) is 0 Å². The van der Waals surface area contributed by atoms with Crippen molar-refractivity contribution in [1.29, 1.82) is 0 Å². The molecule has 1 atom stereocenters. The minimum Gasteiger partial charge on any atom is -0.390 e. The maximum Gasteiger partial charge on any atom is 0.269 e. The molecule has 0 fully saturated rings. The highest BCUT2D eigenvalue weighted by molar-refractivity contribution is 7.98. The van der Waals surface area contributed by atoms with Gasteiger partial charge in [0.1, 0.15) is 0 Å². The van der Waals surface area contributed by atoms with E-state index in [9.17, 15) is 15.2 Å². The topological polar surface area (TPSA) is 72.6 Å². The van der Waals surface area contributed by atoms with Crippen LogP contribution in [0.1, 0.15) is 19.4 Å². The van der Waals surface area contributed by atoms with E-state index >= 15 is 0 Å². The number of aliphatic hydroxyl groups is 1. The van der Waals surface area contributed by atoms with Gasteiger partial charge in [0.25, 0.3) is 5.69 Å². The van der Waals surface area contributed by atoms with Crippen LogP contribution in [0.15, 0.2) is 24.3 Å². The molecule has 1 rings (SSSR count). The number of nitro benzene ring substituents is 1. The number of nitrogens with zero attached hydrogens (tertiary/aromatic N) is 1. The lowest BCUT2D eigenvalue weighted by Crippen LogP contribution is -2.20. The number of nitro groups is 1. The molecular weight excluding hydrogens is 266 g/mol. The Labute approximate surface area is 117 Å². The van der Waals surface area contributed by atoms with Crippen LogP contribution < -0.4 is 0 Å². The second kappa shape index (κ2) is 8.14. The number of benzene rings is 1. The summed E-state index contributed by atoms with van der Waals surface area (Å²) in [5, 5.41) is 20.2. The Morgan fingerprint density at radius 2 is 2.00 bits per heavy atom. The van der Waals surface area contributed by atoms with Crippen LogP contribution in [0.2, 0.25) is 0 Å². The van der Waals surface area contributed by atoms with E-state index in [-0.39, 0.29) is 11.8 Å². The molecule has 1 unspecified atom stereocenters. The van der Waals surface area contributed by atoms with Crippen molar-refractivity contribution in [2.45, 2.75) is 31.8 Å². The molecule has 0 spiro atoms. The van der Waals surface area contributed by atoms with Crippen molar-refractivity contribution in [2.24, 2.45) is 0 Å². The molecule has 1 N–H and O–H groups in total. The van der Waals surface area contributed by atoms with E-state index in [2.05, 4.69) is 0 Å². The fraction of sp³-hybridized carbons (Fsp3) is 0.538. The van der Waals surface area contributed by atoms with Crippen molar-refractivity contribution in [2.75, 3.05) is 12.4 Å². The summed E-state index contributed by atoms with van der Waals surface area (Å²) in [7, 11) is 0. The zero-order chi connectivity index (χ0) is 14.3. The molecule has 5 nitrogen and oxygen atoms in total. The summed E-state index contributed by atoms with van der Waals surface area (Å²) in [5.74, 6) is 1.31. The lowest BCUT2D eigenvalue weighted by molar-refractivity contribution is -0.384. The molecule has 0 aliphatic rings. The van der Waals surface area contributed by atoms with Gasteiger partial charge in [0.05, 0.1) is 23.7 Å². The number of aliphatic hydroxyl groups excluding tert-OH is 1. The van der Waals surface area contributed by atoms with Crippen molar-refractivity contribution >= 4 is 17.4 Å². The molecule has 0 aliphatic carbocycles. The predicted octanol–water partition coefficient (Wildman–Crippen LogP) is 2.61. The molecule has 0 saturated carbocycles. The second-order valence-corrected chi connectivity index (χ2v) is 5.50. The van der Waals surface area contributed by atoms with Crippen LogP contribution in [-0.4, -0.2) is 34.6 Å². The first-order valence-corrected chi connectivity index (χ1v) is 7.25. The van der Waals surface area contributed by atoms with Crippen molar-refractivity contribution < 1.29 is 14.8 Å². The molecule has 106 valence electrons. The molecule has 0 saturated heterocycles. The van der Waals surface area contributed by atoms with E-state index in [1.807, 2.05) is 13.8 Å². The number of hydrogen-bond donors (Lipinski definition) is 1. The molecule has 6 heteroatoms. The number of hydrogen-bond acceptors (Lipinski definition) is 5. The standard InChI is InChI=1S/C13H19NO4S/c1-10(2)18-7-13(15)9-19-8-11-3-5-12(6-4-11)14(16)17/h3-6,10,13,15H,7-9H2,1-2H3. The Hall–Kier alpha value is -1.11. The highest BCUT2D eigenvalue weighted by atomic mass is 32.2. The summed E-state index contributed by atoms with van der Waals surface area (Å²) >= 11 is 1.58. The molecule has 0 amide bonds. The zero-order valence-corrected chi connectivity index (χ0v) is 11.9. The Morgan fingerprint density at radius 3 is 2.53 bits per heavy atom. The molecule has 19 heavy (non-hydrogen) atoms. The van der Waals surface area contributed by atoms with E-state index in [0.717, 1.165) is 11.3 Å². The van der Waals surface area contributed by atoms with Gasteiger partial charge >= 0.3 is 0 Å². The SMILES string of the molecule is CC(C)OCC(O)CSCc1ccc([N+](=O)[O-])cc1. The summed E-state index contributed by atoms with van der Waals surface area (Å²) in [6.07, 6.45) is -0.361. The van der Waals surface area contributed by atoms with Crippen molar-refractivity contribution in [3.05, 3.63) is 39.9 Å². The van der Waals surface area contributed by atoms with Gasteiger partial charge in [-0.3, -0.25) is 10.1 Å². The van der Waals surface area contributed by atoms with Gasteiger partial charge in [0.2, 0.25) is 0 Å². The quantitative estimate of drug-likeness (QED) is 0.587. The number of ether oxygens (including phenoxy) is 1. The number of non-ortho nitro benzene ring substituents is 1. The van der Waals surface area contributed by atoms with E-state index in [1.165, 1.54) is 12.1 Å². The van der Waals surface area contributed by atoms with Crippen LogP contribution in [0, 0.1) is 10.1 Å². The third-order valence-electron chi connectivity index (χ3n) is 2.35. The molecular formula is C13H19NO4S. The summed E-state index contributed by atoms with van der Waals surface area (Å²) in [6, 6.07) is 6.46.